The van der Waals surface area contributed by atoms with Gasteiger partial charge in [0.2, 0.25) is 5.70 Å². The molecule has 16 heavy (non-hydrogen) atoms. The zero-order valence-electron chi connectivity index (χ0n) is 9.04. The molecule has 0 aliphatic heterocycles. The third-order valence-electron chi connectivity index (χ3n) is 1.74. The van der Waals surface area contributed by atoms with E-state index >= 15 is 0 Å². The molecule has 1 rings (SSSR count). The van der Waals surface area contributed by atoms with E-state index in [2.05, 4.69) is 15.0 Å². The highest BCUT2D eigenvalue weighted by atomic mass is 16.5. The van der Waals surface area contributed by atoms with Crippen LogP contribution in [0.15, 0.2) is 52.0 Å². The minimum absolute atomic E-state index is 0.202. The van der Waals surface area contributed by atoms with Gasteiger partial charge in [-0.05, 0) is 19.1 Å². The van der Waals surface area contributed by atoms with Gasteiger partial charge in [0.15, 0.2) is 0 Å². The van der Waals surface area contributed by atoms with E-state index < -0.39 is 5.97 Å². The highest BCUT2D eigenvalue weighted by Crippen LogP contribution is 2.14. The fourth-order valence-electron chi connectivity index (χ4n) is 0.960. The van der Waals surface area contributed by atoms with E-state index in [-0.39, 0.29) is 11.5 Å². The monoisotopic (exact) mass is 220 g/mol. The van der Waals surface area contributed by atoms with Gasteiger partial charge in [0.25, 0.3) is 0 Å². The number of methoxy groups -OCH3 is 1. The fraction of sp³-hybridized carbons (Fsp3) is 0.182. The molecule has 0 aromatic heterocycles. The van der Waals surface area contributed by atoms with Gasteiger partial charge in [0.1, 0.15) is 5.76 Å². The van der Waals surface area contributed by atoms with Gasteiger partial charge >= 0.3 is 5.97 Å². The molecule has 1 aromatic rings. The molecule has 1 aromatic carbocycles. The van der Waals surface area contributed by atoms with Crippen molar-refractivity contribution in [1.29, 1.82) is 0 Å². The zero-order valence-corrected chi connectivity index (χ0v) is 9.04. The molecular weight excluding hydrogens is 208 g/mol. The van der Waals surface area contributed by atoms with Gasteiger partial charge in [-0.15, -0.1) is 5.11 Å². The van der Waals surface area contributed by atoms with E-state index in [4.69, 9.17) is 0 Å². The SMILES string of the molecule is COC(=O)C(N=Nc1ccccc1)=C(C)O. The van der Waals surface area contributed by atoms with Crippen molar-refractivity contribution in [2.24, 2.45) is 10.2 Å². The van der Waals surface area contributed by atoms with Crippen LogP contribution in [0.2, 0.25) is 0 Å². The predicted molar refractivity (Wildman–Crippen MR) is 58.3 cm³/mol. The van der Waals surface area contributed by atoms with Crippen molar-refractivity contribution in [1.82, 2.24) is 0 Å². The Hall–Kier alpha value is -2.17. The molecule has 84 valence electrons. The summed E-state index contributed by atoms with van der Waals surface area (Å²) in [7, 11) is 1.21. The molecule has 0 saturated carbocycles. The zero-order chi connectivity index (χ0) is 12.0. The van der Waals surface area contributed by atoms with Crippen LogP contribution in [0.1, 0.15) is 6.92 Å². The van der Waals surface area contributed by atoms with Crippen LogP contribution in [0.5, 0.6) is 0 Å². The molecule has 5 heteroatoms. The lowest BCUT2D eigenvalue weighted by atomic mass is 10.3. The van der Waals surface area contributed by atoms with Crippen molar-refractivity contribution in [2.45, 2.75) is 6.92 Å². The van der Waals surface area contributed by atoms with Gasteiger partial charge in [-0.1, -0.05) is 18.2 Å². The molecule has 0 aliphatic carbocycles. The van der Waals surface area contributed by atoms with Crippen molar-refractivity contribution in [3.63, 3.8) is 0 Å². The normalized spacial score (nSPS) is 12.4. The van der Waals surface area contributed by atoms with Crippen LogP contribution in [0.4, 0.5) is 5.69 Å². The Morgan fingerprint density at radius 1 is 1.31 bits per heavy atom. The second kappa shape index (κ2) is 5.65. The number of hydrogen-bond donors (Lipinski definition) is 1. The second-order valence-corrected chi connectivity index (χ2v) is 2.96. The number of carbonyl (C=O) groups is 1. The highest BCUT2D eigenvalue weighted by Gasteiger charge is 2.12. The largest absolute Gasteiger partial charge is 0.510 e. The first-order chi connectivity index (χ1) is 7.65. The van der Waals surface area contributed by atoms with Crippen LogP contribution in [0.25, 0.3) is 0 Å². The molecule has 0 bridgehead atoms. The van der Waals surface area contributed by atoms with E-state index in [0.717, 1.165) is 0 Å². The van der Waals surface area contributed by atoms with Crippen LogP contribution in [0, 0.1) is 0 Å². The average molecular weight is 220 g/mol. The molecule has 5 nitrogen and oxygen atoms in total. The molecule has 0 fully saturated rings. The summed E-state index contributed by atoms with van der Waals surface area (Å²) in [6, 6.07) is 8.88. The number of benzene rings is 1. The first-order valence-corrected chi connectivity index (χ1v) is 4.60. The third-order valence-corrected chi connectivity index (χ3v) is 1.74. The molecule has 0 atom stereocenters. The molecule has 0 radical (unpaired) electrons. The summed E-state index contributed by atoms with van der Waals surface area (Å²) in [4.78, 5) is 11.2. The maximum absolute atomic E-state index is 11.2. The van der Waals surface area contributed by atoms with Gasteiger partial charge in [-0.2, -0.15) is 5.11 Å². The van der Waals surface area contributed by atoms with E-state index in [9.17, 15) is 9.90 Å². The van der Waals surface area contributed by atoms with Crippen molar-refractivity contribution in [3.05, 3.63) is 41.8 Å². The van der Waals surface area contributed by atoms with Crippen molar-refractivity contribution >= 4 is 11.7 Å². The average Bonchev–Trinajstić information content (AvgIpc) is 2.30. The molecule has 0 saturated heterocycles. The Kier molecular flexibility index (Phi) is 4.20. The van der Waals surface area contributed by atoms with Crippen molar-refractivity contribution in [3.8, 4) is 0 Å². The van der Waals surface area contributed by atoms with Crippen LogP contribution < -0.4 is 0 Å². The number of rotatable bonds is 3. The first kappa shape index (κ1) is 11.9. The minimum atomic E-state index is -0.723. The first-order valence-electron chi connectivity index (χ1n) is 4.60. The lowest BCUT2D eigenvalue weighted by Crippen LogP contribution is -2.04. The van der Waals surface area contributed by atoms with E-state index in [1.807, 2.05) is 6.07 Å². The molecule has 0 heterocycles. The number of hydrogen-bond acceptors (Lipinski definition) is 5. The molecule has 0 spiro atoms. The second-order valence-electron chi connectivity index (χ2n) is 2.96. The maximum atomic E-state index is 11.2. The lowest BCUT2D eigenvalue weighted by Gasteiger charge is -1.99. The Morgan fingerprint density at radius 2 is 1.94 bits per heavy atom. The highest BCUT2D eigenvalue weighted by molar-refractivity contribution is 5.88. The Labute approximate surface area is 93.1 Å². The topological polar surface area (TPSA) is 71.2 Å². The van der Waals surface area contributed by atoms with Gasteiger partial charge in [-0.3, -0.25) is 0 Å². The Morgan fingerprint density at radius 3 is 2.44 bits per heavy atom. The number of nitrogens with zero attached hydrogens (tertiary/aromatic N) is 2. The van der Waals surface area contributed by atoms with Crippen LogP contribution >= 0.6 is 0 Å². The van der Waals surface area contributed by atoms with Gasteiger partial charge in [0.05, 0.1) is 12.8 Å². The summed E-state index contributed by atoms with van der Waals surface area (Å²) in [5.41, 5.74) is 0.386. The maximum Gasteiger partial charge on any atom is 0.362 e. The smallest absolute Gasteiger partial charge is 0.362 e. The number of carbonyl (C=O) groups excluding carboxylic acids is 1. The number of aliphatic hydroxyl groups is 1. The van der Waals surface area contributed by atoms with Crippen molar-refractivity contribution in [2.75, 3.05) is 7.11 Å². The number of allylic oxidation sites excluding steroid dienone is 1. The number of aliphatic hydroxyl groups excluding tert-OH is 1. The summed E-state index contributed by atoms with van der Waals surface area (Å²) in [5, 5.41) is 16.7. The summed E-state index contributed by atoms with van der Waals surface area (Å²) in [6.07, 6.45) is 0. The van der Waals surface area contributed by atoms with Gasteiger partial charge in [0, 0.05) is 0 Å². The predicted octanol–water partition coefficient (Wildman–Crippen LogP) is 2.73. The van der Waals surface area contributed by atoms with Gasteiger partial charge < -0.3 is 9.84 Å². The molecule has 0 aliphatic rings. The minimum Gasteiger partial charge on any atom is -0.510 e. The summed E-state index contributed by atoms with van der Waals surface area (Å²) < 4.78 is 4.45. The fourth-order valence-corrected chi connectivity index (χ4v) is 0.960. The van der Waals surface area contributed by atoms with Gasteiger partial charge in [-0.25, -0.2) is 4.79 Å². The quantitative estimate of drug-likeness (QED) is 0.368. The van der Waals surface area contributed by atoms with E-state index in [1.54, 1.807) is 24.3 Å². The Bertz CT molecular complexity index is 420. The van der Waals surface area contributed by atoms with Crippen molar-refractivity contribution < 1.29 is 14.6 Å². The van der Waals surface area contributed by atoms with E-state index in [1.165, 1.54) is 14.0 Å². The van der Waals surface area contributed by atoms with Crippen LogP contribution in [-0.2, 0) is 9.53 Å². The molecular formula is C11H12N2O3. The van der Waals surface area contributed by atoms with Crippen LogP contribution in [-0.4, -0.2) is 18.2 Å². The summed E-state index contributed by atoms with van der Waals surface area (Å²) in [5.74, 6) is -0.953. The number of azo groups is 1. The molecule has 0 amide bonds. The Balaban J connectivity index is 2.90. The summed E-state index contributed by atoms with van der Waals surface area (Å²) >= 11 is 0. The molecule has 1 N–H and O–H groups in total. The number of ether oxygens (including phenoxy) is 1. The molecule has 0 unspecified atom stereocenters. The number of esters is 1. The van der Waals surface area contributed by atoms with E-state index in [0.29, 0.717) is 5.69 Å². The standard InChI is InChI=1S/C11H12N2O3/c1-8(14)10(11(15)16-2)13-12-9-6-4-3-5-7-9/h3-7,14H,1-2H3. The lowest BCUT2D eigenvalue weighted by molar-refractivity contribution is -0.136. The summed E-state index contributed by atoms with van der Waals surface area (Å²) in [6.45, 7) is 1.34. The third kappa shape index (κ3) is 3.20. The van der Waals surface area contributed by atoms with Crippen LogP contribution in [0.3, 0.4) is 0 Å².